The standard InChI is InChI=1S/C9H13N3O2S/c1-3-5-8(4-2)12-15(13,14)9-6-10-7-11-9/h1,6-8,12H,4-5H2,2H3,(H,10,11). The molecule has 0 aromatic carbocycles. The van der Waals surface area contributed by atoms with Gasteiger partial charge in [-0.05, 0) is 6.42 Å². The Labute approximate surface area is 89.4 Å². The highest BCUT2D eigenvalue weighted by atomic mass is 32.2. The fourth-order valence-electron chi connectivity index (χ4n) is 1.08. The first-order valence-electron chi connectivity index (χ1n) is 4.54. The number of terminal acetylenes is 1. The predicted octanol–water partition coefficient (Wildman–Crippen LogP) is 0.490. The van der Waals surface area contributed by atoms with Crippen molar-refractivity contribution in [2.24, 2.45) is 0 Å². The number of nitrogens with zero attached hydrogens (tertiary/aromatic N) is 1. The molecule has 1 unspecified atom stereocenters. The van der Waals surface area contributed by atoms with Gasteiger partial charge in [-0.3, -0.25) is 0 Å². The van der Waals surface area contributed by atoms with E-state index in [4.69, 9.17) is 6.42 Å². The van der Waals surface area contributed by atoms with E-state index in [9.17, 15) is 8.42 Å². The van der Waals surface area contributed by atoms with Gasteiger partial charge in [0.05, 0.1) is 12.5 Å². The summed E-state index contributed by atoms with van der Waals surface area (Å²) in [6.07, 6.45) is 8.74. The second kappa shape index (κ2) is 4.96. The number of imidazole rings is 1. The molecule has 1 aromatic heterocycles. The summed E-state index contributed by atoms with van der Waals surface area (Å²) in [6, 6.07) is -0.233. The Morgan fingerprint density at radius 1 is 1.73 bits per heavy atom. The maximum absolute atomic E-state index is 11.7. The van der Waals surface area contributed by atoms with Gasteiger partial charge >= 0.3 is 0 Å². The van der Waals surface area contributed by atoms with Crippen LogP contribution < -0.4 is 4.72 Å². The van der Waals surface area contributed by atoms with Crippen LogP contribution in [0.1, 0.15) is 19.8 Å². The molecule has 0 aliphatic heterocycles. The van der Waals surface area contributed by atoms with Gasteiger partial charge in [-0.2, -0.15) is 0 Å². The summed E-state index contributed by atoms with van der Waals surface area (Å²) in [4.78, 5) is 6.19. The quantitative estimate of drug-likeness (QED) is 0.719. The Morgan fingerprint density at radius 2 is 2.47 bits per heavy atom. The first kappa shape index (κ1) is 11.8. The van der Waals surface area contributed by atoms with Crippen molar-refractivity contribution in [2.75, 3.05) is 0 Å². The van der Waals surface area contributed by atoms with Crippen molar-refractivity contribution in [1.82, 2.24) is 14.7 Å². The van der Waals surface area contributed by atoms with Crippen LogP contribution in [0.2, 0.25) is 0 Å². The molecule has 0 spiro atoms. The highest BCUT2D eigenvalue weighted by Gasteiger charge is 2.19. The van der Waals surface area contributed by atoms with Gasteiger partial charge < -0.3 is 4.98 Å². The molecule has 2 N–H and O–H groups in total. The first-order valence-corrected chi connectivity index (χ1v) is 6.02. The molecule has 1 rings (SSSR count). The Balaban J connectivity index is 2.77. The van der Waals surface area contributed by atoms with Crippen molar-refractivity contribution >= 4 is 10.0 Å². The minimum atomic E-state index is -3.51. The number of nitrogens with one attached hydrogen (secondary N) is 2. The van der Waals surface area contributed by atoms with E-state index in [0.717, 1.165) is 0 Å². The molecule has 15 heavy (non-hydrogen) atoms. The number of hydrogen-bond acceptors (Lipinski definition) is 3. The average molecular weight is 227 g/mol. The summed E-state index contributed by atoms with van der Waals surface area (Å²) >= 11 is 0. The van der Waals surface area contributed by atoms with Crippen LogP contribution in [-0.2, 0) is 10.0 Å². The monoisotopic (exact) mass is 227 g/mol. The summed E-state index contributed by atoms with van der Waals surface area (Å²) < 4.78 is 25.9. The molecule has 0 saturated heterocycles. The second-order valence-electron chi connectivity index (χ2n) is 3.05. The third-order valence-corrected chi connectivity index (χ3v) is 3.39. The van der Waals surface area contributed by atoms with Crippen LogP contribution in [0.4, 0.5) is 0 Å². The van der Waals surface area contributed by atoms with E-state index in [2.05, 4.69) is 20.6 Å². The van der Waals surface area contributed by atoms with Crippen molar-refractivity contribution in [2.45, 2.75) is 30.8 Å². The number of hydrogen-bond donors (Lipinski definition) is 2. The van der Waals surface area contributed by atoms with Crippen LogP contribution >= 0.6 is 0 Å². The molecule has 1 aromatic rings. The fourth-order valence-corrected chi connectivity index (χ4v) is 2.31. The largest absolute Gasteiger partial charge is 0.335 e. The third kappa shape index (κ3) is 3.08. The summed E-state index contributed by atoms with van der Waals surface area (Å²) in [7, 11) is -3.51. The molecule has 82 valence electrons. The molecule has 0 aliphatic carbocycles. The Bertz CT molecular complexity index is 430. The van der Waals surface area contributed by atoms with E-state index in [1.165, 1.54) is 12.5 Å². The van der Waals surface area contributed by atoms with E-state index in [-0.39, 0.29) is 11.1 Å². The van der Waals surface area contributed by atoms with E-state index >= 15 is 0 Å². The lowest BCUT2D eigenvalue weighted by Crippen LogP contribution is -2.34. The van der Waals surface area contributed by atoms with Gasteiger partial charge in [-0.15, -0.1) is 12.3 Å². The molecular formula is C9H13N3O2S. The molecular weight excluding hydrogens is 214 g/mol. The van der Waals surface area contributed by atoms with Crippen molar-refractivity contribution in [3.8, 4) is 12.3 Å². The van der Waals surface area contributed by atoms with Crippen molar-refractivity contribution in [3.63, 3.8) is 0 Å². The number of sulfonamides is 1. The molecule has 5 nitrogen and oxygen atoms in total. The van der Waals surface area contributed by atoms with Gasteiger partial charge in [0.1, 0.15) is 0 Å². The number of rotatable bonds is 5. The van der Waals surface area contributed by atoms with Crippen molar-refractivity contribution in [1.29, 1.82) is 0 Å². The second-order valence-corrected chi connectivity index (χ2v) is 4.73. The predicted molar refractivity (Wildman–Crippen MR) is 56.4 cm³/mol. The molecule has 6 heteroatoms. The third-order valence-electron chi connectivity index (χ3n) is 1.94. The number of H-pyrrole nitrogens is 1. The summed E-state index contributed by atoms with van der Waals surface area (Å²) in [5, 5.41) is 0.0537. The Morgan fingerprint density at radius 3 is 2.93 bits per heavy atom. The van der Waals surface area contributed by atoms with Gasteiger partial charge in [0, 0.05) is 12.5 Å². The minimum Gasteiger partial charge on any atom is -0.335 e. The van der Waals surface area contributed by atoms with Crippen LogP contribution in [0.5, 0.6) is 0 Å². The summed E-state index contributed by atoms with van der Waals surface area (Å²) in [6.45, 7) is 1.87. The SMILES string of the molecule is C#CCC(CC)NS(=O)(=O)c1cnc[nH]1. The van der Waals surface area contributed by atoms with Crippen LogP contribution in [0.25, 0.3) is 0 Å². The van der Waals surface area contributed by atoms with Gasteiger partial charge in [-0.1, -0.05) is 6.92 Å². The molecule has 0 radical (unpaired) electrons. The number of aromatic nitrogens is 2. The normalized spacial score (nSPS) is 13.3. The highest BCUT2D eigenvalue weighted by molar-refractivity contribution is 7.89. The van der Waals surface area contributed by atoms with E-state index in [1.54, 1.807) is 0 Å². The molecule has 0 amide bonds. The number of aromatic amines is 1. The Kier molecular flexibility index (Phi) is 3.88. The van der Waals surface area contributed by atoms with E-state index < -0.39 is 10.0 Å². The molecule has 0 fully saturated rings. The topological polar surface area (TPSA) is 74.8 Å². The maximum Gasteiger partial charge on any atom is 0.257 e. The smallest absolute Gasteiger partial charge is 0.257 e. The van der Waals surface area contributed by atoms with Crippen LogP contribution in [0.3, 0.4) is 0 Å². The fraction of sp³-hybridized carbons (Fsp3) is 0.444. The van der Waals surface area contributed by atoms with Gasteiger partial charge in [0.25, 0.3) is 10.0 Å². The molecule has 0 saturated carbocycles. The van der Waals surface area contributed by atoms with E-state index in [1.807, 2.05) is 6.92 Å². The summed E-state index contributed by atoms with van der Waals surface area (Å²) in [5.74, 6) is 2.43. The Hall–Kier alpha value is -1.32. The zero-order valence-electron chi connectivity index (χ0n) is 8.40. The van der Waals surface area contributed by atoms with Crippen molar-refractivity contribution < 1.29 is 8.42 Å². The minimum absolute atomic E-state index is 0.0537. The van der Waals surface area contributed by atoms with Gasteiger partial charge in [0.2, 0.25) is 0 Å². The lowest BCUT2D eigenvalue weighted by atomic mass is 10.2. The van der Waals surface area contributed by atoms with Crippen LogP contribution in [-0.4, -0.2) is 24.4 Å². The molecule has 0 aliphatic rings. The molecule has 1 atom stereocenters. The van der Waals surface area contributed by atoms with Crippen LogP contribution in [0, 0.1) is 12.3 Å². The lowest BCUT2D eigenvalue weighted by Gasteiger charge is -2.13. The molecule has 0 bridgehead atoms. The van der Waals surface area contributed by atoms with Gasteiger partial charge in [-0.25, -0.2) is 18.1 Å². The van der Waals surface area contributed by atoms with Crippen LogP contribution in [0.15, 0.2) is 17.6 Å². The van der Waals surface area contributed by atoms with Gasteiger partial charge in [0.15, 0.2) is 5.03 Å². The lowest BCUT2D eigenvalue weighted by molar-refractivity contribution is 0.541. The maximum atomic E-state index is 11.7. The summed E-state index contributed by atoms with van der Waals surface area (Å²) in [5.41, 5.74) is 0. The highest BCUT2D eigenvalue weighted by Crippen LogP contribution is 2.06. The zero-order valence-corrected chi connectivity index (χ0v) is 9.21. The van der Waals surface area contributed by atoms with E-state index in [0.29, 0.717) is 12.8 Å². The molecule has 1 heterocycles. The zero-order chi connectivity index (χ0) is 11.3. The first-order chi connectivity index (χ1) is 7.10. The average Bonchev–Trinajstić information content (AvgIpc) is 2.70. The van der Waals surface area contributed by atoms with Crippen molar-refractivity contribution in [3.05, 3.63) is 12.5 Å².